The number of carbonyl (C=O) groups excluding carboxylic acids is 1. The van der Waals surface area contributed by atoms with Crippen molar-refractivity contribution >= 4 is 11.6 Å². The molecule has 0 unspecified atom stereocenters. The summed E-state index contributed by atoms with van der Waals surface area (Å²) < 4.78 is 5.46. The van der Waals surface area contributed by atoms with Crippen LogP contribution in [-0.4, -0.2) is 12.5 Å². The Morgan fingerprint density at radius 2 is 1.71 bits per heavy atom. The van der Waals surface area contributed by atoms with E-state index < -0.39 is 0 Å². The lowest BCUT2D eigenvalue weighted by Crippen LogP contribution is -2.07. The molecule has 0 aliphatic rings. The number of amides is 1. The molecule has 3 heteroatoms. The van der Waals surface area contributed by atoms with Gasteiger partial charge < -0.3 is 10.1 Å². The van der Waals surface area contributed by atoms with Crippen molar-refractivity contribution in [3.63, 3.8) is 0 Å². The van der Waals surface area contributed by atoms with E-state index in [1.54, 1.807) is 0 Å². The lowest BCUT2D eigenvalue weighted by molar-refractivity contribution is -0.114. The van der Waals surface area contributed by atoms with E-state index >= 15 is 0 Å². The zero-order chi connectivity index (χ0) is 15.4. The SMILES string of the molecule is CCOc1ccc(-c2cc(C)c(C)cc2NC(C)=O)cc1. The molecule has 0 aliphatic heterocycles. The number of benzene rings is 2. The van der Waals surface area contributed by atoms with Crippen molar-refractivity contribution in [2.45, 2.75) is 27.7 Å². The number of aryl methyl sites for hydroxylation is 2. The van der Waals surface area contributed by atoms with E-state index in [4.69, 9.17) is 4.74 Å². The van der Waals surface area contributed by atoms with Crippen LogP contribution < -0.4 is 10.1 Å². The van der Waals surface area contributed by atoms with Crippen LogP contribution in [0.3, 0.4) is 0 Å². The number of hydrogen-bond acceptors (Lipinski definition) is 2. The van der Waals surface area contributed by atoms with E-state index in [0.717, 1.165) is 28.1 Å². The van der Waals surface area contributed by atoms with Crippen molar-refractivity contribution in [3.05, 3.63) is 47.5 Å². The summed E-state index contributed by atoms with van der Waals surface area (Å²) in [6, 6.07) is 12.1. The van der Waals surface area contributed by atoms with Crippen LogP contribution >= 0.6 is 0 Å². The first kappa shape index (κ1) is 15.1. The van der Waals surface area contributed by atoms with E-state index in [-0.39, 0.29) is 5.91 Å². The van der Waals surface area contributed by atoms with Gasteiger partial charge in [-0.2, -0.15) is 0 Å². The lowest BCUT2D eigenvalue weighted by atomic mass is 9.98. The van der Waals surface area contributed by atoms with Gasteiger partial charge in [0.2, 0.25) is 5.91 Å². The Hall–Kier alpha value is -2.29. The van der Waals surface area contributed by atoms with Crippen LogP contribution in [0.2, 0.25) is 0 Å². The highest BCUT2D eigenvalue weighted by Gasteiger charge is 2.09. The maximum absolute atomic E-state index is 11.4. The summed E-state index contributed by atoms with van der Waals surface area (Å²) in [5, 5.41) is 2.91. The van der Waals surface area contributed by atoms with Gasteiger partial charge in [-0.1, -0.05) is 12.1 Å². The second-order valence-corrected chi connectivity index (χ2v) is 5.12. The van der Waals surface area contributed by atoms with Crippen LogP contribution in [0.25, 0.3) is 11.1 Å². The molecular weight excluding hydrogens is 262 g/mol. The molecular formula is C18H21NO2. The van der Waals surface area contributed by atoms with Crippen molar-refractivity contribution in [2.24, 2.45) is 0 Å². The van der Waals surface area contributed by atoms with Crippen molar-refractivity contribution in [3.8, 4) is 16.9 Å². The van der Waals surface area contributed by atoms with Crippen molar-refractivity contribution in [1.82, 2.24) is 0 Å². The molecule has 0 aromatic heterocycles. The number of ether oxygens (including phenoxy) is 1. The average Bonchev–Trinajstić information content (AvgIpc) is 2.43. The average molecular weight is 283 g/mol. The maximum Gasteiger partial charge on any atom is 0.221 e. The molecule has 0 atom stereocenters. The Labute approximate surface area is 126 Å². The van der Waals surface area contributed by atoms with Gasteiger partial charge in [0.25, 0.3) is 0 Å². The van der Waals surface area contributed by atoms with Gasteiger partial charge in [-0.05, 0) is 61.7 Å². The van der Waals surface area contributed by atoms with Crippen molar-refractivity contribution < 1.29 is 9.53 Å². The molecule has 2 aromatic carbocycles. The van der Waals surface area contributed by atoms with Crippen LogP contribution in [0.5, 0.6) is 5.75 Å². The molecule has 0 fully saturated rings. The molecule has 0 saturated carbocycles. The quantitative estimate of drug-likeness (QED) is 0.907. The Morgan fingerprint density at radius 1 is 1.10 bits per heavy atom. The van der Waals surface area contributed by atoms with Crippen molar-refractivity contribution in [1.29, 1.82) is 0 Å². The lowest BCUT2D eigenvalue weighted by Gasteiger charge is -2.14. The molecule has 0 radical (unpaired) electrons. The van der Waals surface area contributed by atoms with Crippen LogP contribution in [0, 0.1) is 13.8 Å². The highest BCUT2D eigenvalue weighted by atomic mass is 16.5. The molecule has 3 nitrogen and oxygen atoms in total. The summed E-state index contributed by atoms with van der Waals surface area (Å²) in [6.07, 6.45) is 0. The minimum absolute atomic E-state index is 0.0644. The minimum Gasteiger partial charge on any atom is -0.494 e. The molecule has 2 aromatic rings. The predicted molar refractivity (Wildman–Crippen MR) is 86.8 cm³/mol. The third-order valence-corrected chi connectivity index (χ3v) is 3.42. The molecule has 0 bridgehead atoms. The largest absolute Gasteiger partial charge is 0.494 e. The second-order valence-electron chi connectivity index (χ2n) is 5.12. The zero-order valence-electron chi connectivity index (χ0n) is 13.0. The maximum atomic E-state index is 11.4. The van der Waals surface area contributed by atoms with Crippen LogP contribution in [0.1, 0.15) is 25.0 Å². The highest BCUT2D eigenvalue weighted by Crippen LogP contribution is 2.32. The topological polar surface area (TPSA) is 38.3 Å². The van der Waals surface area contributed by atoms with E-state index in [9.17, 15) is 4.79 Å². The van der Waals surface area contributed by atoms with Gasteiger partial charge in [0.15, 0.2) is 0 Å². The summed E-state index contributed by atoms with van der Waals surface area (Å²) in [6.45, 7) is 8.26. The molecule has 2 rings (SSSR count). The summed E-state index contributed by atoms with van der Waals surface area (Å²) in [7, 11) is 0. The van der Waals surface area contributed by atoms with Gasteiger partial charge in [0, 0.05) is 18.2 Å². The molecule has 0 spiro atoms. The fourth-order valence-corrected chi connectivity index (χ4v) is 2.25. The smallest absolute Gasteiger partial charge is 0.221 e. The van der Waals surface area contributed by atoms with Crippen LogP contribution in [0.15, 0.2) is 36.4 Å². The molecule has 21 heavy (non-hydrogen) atoms. The van der Waals surface area contributed by atoms with E-state index in [2.05, 4.69) is 18.3 Å². The third kappa shape index (κ3) is 3.63. The second kappa shape index (κ2) is 6.44. The van der Waals surface area contributed by atoms with E-state index in [1.165, 1.54) is 12.5 Å². The Balaban J connectivity index is 2.45. The molecule has 1 N–H and O–H groups in total. The fourth-order valence-electron chi connectivity index (χ4n) is 2.25. The Kier molecular flexibility index (Phi) is 4.63. The molecule has 1 amide bonds. The van der Waals surface area contributed by atoms with Crippen molar-refractivity contribution in [2.75, 3.05) is 11.9 Å². The minimum atomic E-state index is -0.0644. The molecule has 0 aliphatic carbocycles. The first-order chi connectivity index (χ1) is 10.0. The number of rotatable bonds is 4. The standard InChI is InChI=1S/C18H21NO2/c1-5-21-16-8-6-15(7-9-16)17-10-12(2)13(3)11-18(17)19-14(4)20/h6-11H,5H2,1-4H3,(H,19,20). The first-order valence-electron chi connectivity index (χ1n) is 7.13. The molecule has 110 valence electrons. The Bertz CT molecular complexity index is 645. The summed E-state index contributed by atoms with van der Waals surface area (Å²) in [5.41, 5.74) is 5.29. The summed E-state index contributed by atoms with van der Waals surface area (Å²) in [4.78, 5) is 11.4. The van der Waals surface area contributed by atoms with Crippen LogP contribution in [0.4, 0.5) is 5.69 Å². The van der Waals surface area contributed by atoms with Crippen LogP contribution in [-0.2, 0) is 4.79 Å². The van der Waals surface area contributed by atoms with Gasteiger partial charge >= 0.3 is 0 Å². The number of nitrogens with one attached hydrogen (secondary N) is 1. The number of anilines is 1. The first-order valence-corrected chi connectivity index (χ1v) is 7.13. The predicted octanol–water partition coefficient (Wildman–Crippen LogP) is 4.33. The molecule has 0 saturated heterocycles. The third-order valence-electron chi connectivity index (χ3n) is 3.42. The number of hydrogen-bond donors (Lipinski definition) is 1. The highest BCUT2D eigenvalue weighted by molar-refractivity contribution is 5.94. The fraction of sp³-hybridized carbons (Fsp3) is 0.278. The monoisotopic (exact) mass is 283 g/mol. The zero-order valence-corrected chi connectivity index (χ0v) is 13.0. The summed E-state index contributed by atoms with van der Waals surface area (Å²) in [5.74, 6) is 0.789. The van der Waals surface area contributed by atoms with Gasteiger partial charge in [-0.15, -0.1) is 0 Å². The Morgan fingerprint density at radius 3 is 2.29 bits per heavy atom. The van der Waals surface area contributed by atoms with E-state index in [0.29, 0.717) is 6.61 Å². The van der Waals surface area contributed by atoms with E-state index in [1.807, 2.05) is 44.2 Å². The van der Waals surface area contributed by atoms with Gasteiger partial charge in [-0.25, -0.2) is 0 Å². The van der Waals surface area contributed by atoms with Gasteiger partial charge in [-0.3, -0.25) is 4.79 Å². The summed E-state index contributed by atoms with van der Waals surface area (Å²) >= 11 is 0. The molecule has 0 heterocycles. The van der Waals surface area contributed by atoms with Gasteiger partial charge in [0.05, 0.1) is 6.61 Å². The number of carbonyl (C=O) groups is 1. The normalized spacial score (nSPS) is 10.3. The van der Waals surface area contributed by atoms with Gasteiger partial charge in [0.1, 0.15) is 5.75 Å².